The SMILES string of the molecule is [2H]C1([C](C)C(C)(C)C)CCCCC1C(C)C. The van der Waals surface area contributed by atoms with Crippen molar-refractivity contribution in [2.45, 2.75) is 67.2 Å². The molecule has 89 valence electrons. The van der Waals surface area contributed by atoms with E-state index in [9.17, 15) is 0 Å². The van der Waals surface area contributed by atoms with Crippen molar-refractivity contribution in [3.63, 3.8) is 0 Å². The van der Waals surface area contributed by atoms with Gasteiger partial charge in [0.15, 0.2) is 0 Å². The third kappa shape index (κ3) is 3.23. The zero-order valence-corrected chi connectivity index (χ0v) is 11.5. The molecule has 0 N–H and O–H groups in total. The lowest BCUT2D eigenvalue weighted by atomic mass is 9.62. The van der Waals surface area contributed by atoms with Crippen LogP contribution in [0.25, 0.3) is 0 Å². The van der Waals surface area contributed by atoms with Crippen LogP contribution in [0.15, 0.2) is 0 Å². The first-order valence-electron chi connectivity index (χ1n) is 7.04. The first-order valence-corrected chi connectivity index (χ1v) is 6.54. The molecular weight excluding hydrogens is 180 g/mol. The first-order chi connectivity index (χ1) is 7.19. The monoisotopic (exact) mass is 210 g/mol. The molecule has 0 heterocycles. The fourth-order valence-corrected chi connectivity index (χ4v) is 2.72. The van der Waals surface area contributed by atoms with Crippen LogP contribution < -0.4 is 0 Å². The van der Waals surface area contributed by atoms with Gasteiger partial charge >= 0.3 is 0 Å². The molecule has 0 spiro atoms. The highest BCUT2D eigenvalue weighted by molar-refractivity contribution is 5.05. The summed E-state index contributed by atoms with van der Waals surface area (Å²) >= 11 is 0. The predicted molar refractivity (Wildman–Crippen MR) is 68.7 cm³/mol. The molecule has 0 saturated heterocycles. The van der Waals surface area contributed by atoms with Crippen LogP contribution in [0, 0.1) is 29.1 Å². The van der Waals surface area contributed by atoms with Crippen molar-refractivity contribution < 1.29 is 1.37 Å². The Labute approximate surface area is 98.2 Å². The van der Waals surface area contributed by atoms with Crippen molar-refractivity contribution in [3.05, 3.63) is 5.92 Å². The molecule has 2 atom stereocenters. The van der Waals surface area contributed by atoms with Gasteiger partial charge in [-0.05, 0) is 41.9 Å². The van der Waals surface area contributed by atoms with Gasteiger partial charge in [-0.15, -0.1) is 0 Å². The summed E-state index contributed by atoms with van der Waals surface area (Å²) in [5, 5.41) is 0. The van der Waals surface area contributed by atoms with E-state index in [0.29, 0.717) is 11.8 Å². The molecule has 1 fully saturated rings. The zero-order chi connectivity index (χ0) is 12.6. The highest BCUT2D eigenvalue weighted by atomic mass is 14.4. The van der Waals surface area contributed by atoms with Gasteiger partial charge in [0.1, 0.15) is 0 Å². The van der Waals surface area contributed by atoms with Crippen molar-refractivity contribution in [2.24, 2.45) is 23.1 Å². The van der Waals surface area contributed by atoms with Gasteiger partial charge in [-0.2, -0.15) is 0 Å². The smallest absolute Gasteiger partial charge is 0.0312 e. The van der Waals surface area contributed by atoms with E-state index < -0.39 is 0 Å². The van der Waals surface area contributed by atoms with Crippen molar-refractivity contribution in [1.82, 2.24) is 0 Å². The Kier molecular flexibility index (Phi) is 3.74. The van der Waals surface area contributed by atoms with E-state index in [1.54, 1.807) is 0 Å². The van der Waals surface area contributed by atoms with E-state index in [2.05, 4.69) is 41.5 Å². The van der Waals surface area contributed by atoms with Gasteiger partial charge in [0, 0.05) is 1.37 Å². The zero-order valence-electron chi connectivity index (χ0n) is 12.5. The van der Waals surface area contributed by atoms with Gasteiger partial charge in [-0.3, -0.25) is 0 Å². The van der Waals surface area contributed by atoms with Gasteiger partial charge in [-0.25, -0.2) is 0 Å². The van der Waals surface area contributed by atoms with Crippen molar-refractivity contribution in [2.75, 3.05) is 0 Å². The number of hydrogen-bond acceptors (Lipinski definition) is 0. The summed E-state index contributed by atoms with van der Waals surface area (Å²) in [5.41, 5.74) is 0.173. The van der Waals surface area contributed by atoms with Gasteiger partial charge in [-0.1, -0.05) is 54.4 Å². The van der Waals surface area contributed by atoms with Crippen LogP contribution in [-0.4, -0.2) is 0 Å². The molecule has 1 aliphatic rings. The minimum Gasteiger partial charge on any atom is -0.0625 e. The van der Waals surface area contributed by atoms with Crippen LogP contribution in [0.1, 0.15) is 68.6 Å². The summed E-state index contributed by atoms with van der Waals surface area (Å²) < 4.78 is 8.93. The minimum atomic E-state index is -0.273. The second-order valence-corrected chi connectivity index (χ2v) is 6.50. The lowest BCUT2D eigenvalue weighted by Crippen LogP contribution is -2.33. The fourth-order valence-electron chi connectivity index (χ4n) is 2.72. The minimum absolute atomic E-state index is 0.173. The predicted octanol–water partition coefficient (Wildman–Crippen LogP) is 5.09. The highest BCUT2D eigenvalue weighted by Gasteiger charge is 2.36. The molecule has 1 aliphatic carbocycles. The van der Waals surface area contributed by atoms with Gasteiger partial charge in [0.05, 0.1) is 0 Å². The molecule has 0 aliphatic heterocycles. The summed E-state index contributed by atoms with van der Waals surface area (Å²) in [5.74, 6) is 2.30. The van der Waals surface area contributed by atoms with Gasteiger partial charge < -0.3 is 0 Å². The highest BCUT2D eigenvalue weighted by Crippen LogP contribution is 2.46. The Morgan fingerprint density at radius 2 is 1.73 bits per heavy atom. The molecule has 0 bridgehead atoms. The van der Waals surface area contributed by atoms with Crippen molar-refractivity contribution >= 4 is 0 Å². The third-order valence-corrected chi connectivity index (χ3v) is 4.07. The molecule has 0 aromatic carbocycles. The van der Waals surface area contributed by atoms with Crippen LogP contribution >= 0.6 is 0 Å². The second kappa shape index (κ2) is 4.89. The third-order valence-electron chi connectivity index (χ3n) is 4.07. The molecule has 0 nitrogen and oxygen atoms in total. The Bertz CT molecular complexity index is 222. The summed E-state index contributed by atoms with van der Waals surface area (Å²) in [6.07, 6.45) is 4.87. The van der Waals surface area contributed by atoms with Crippen molar-refractivity contribution in [3.8, 4) is 0 Å². The summed E-state index contributed by atoms with van der Waals surface area (Å²) in [6.45, 7) is 13.6. The fraction of sp³-hybridized carbons (Fsp3) is 0.933. The normalized spacial score (nSPS) is 34.7. The number of rotatable bonds is 2. The summed E-state index contributed by atoms with van der Waals surface area (Å²) in [7, 11) is 0. The molecular formula is C15H29. The standard InChI is InChI=1S/C15H29/c1-11(2)13-9-7-8-10-14(13)12(3)15(4,5)6/h11,13-14H,7-10H2,1-6H3/i14D. The summed E-state index contributed by atoms with van der Waals surface area (Å²) in [4.78, 5) is 0. The molecule has 15 heavy (non-hydrogen) atoms. The van der Waals surface area contributed by atoms with E-state index in [4.69, 9.17) is 1.37 Å². The van der Waals surface area contributed by atoms with E-state index in [0.717, 1.165) is 6.42 Å². The Morgan fingerprint density at radius 1 is 1.20 bits per heavy atom. The van der Waals surface area contributed by atoms with E-state index in [-0.39, 0.29) is 11.3 Å². The van der Waals surface area contributed by atoms with Gasteiger partial charge in [0.25, 0.3) is 0 Å². The Balaban J connectivity index is 2.94. The molecule has 0 amide bonds. The average Bonchev–Trinajstić information content (AvgIpc) is 2.15. The van der Waals surface area contributed by atoms with Crippen LogP contribution in [0.2, 0.25) is 0 Å². The number of hydrogen-bond donors (Lipinski definition) is 0. The Hall–Kier alpha value is 0. The molecule has 1 rings (SSSR count). The van der Waals surface area contributed by atoms with E-state index >= 15 is 0 Å². The lowest BCUT2D eigenvalue weighted by molar-refractivity contribution is 0.158. The molecule has 1 saturated carbocycles. The van der Waals surface area contributed by atoms with Crippen molar-refractivity contribution in [1.29, 1.82) is 0 Å². The maximum Gasteiger partial charge on any atom is 0.0312 e. The van der Waals surface area contributed by atoms with Crippen LogP contribution in [0.5, 0.6) is 0 Å². The Morgan fingerprint density at radius 3 is 2.20 bits per heavy atom. The largest absolute Gasteiger partial charge is 0.0625 e. The second-order valence-electron chi connectivity index (χ2n) is 6.50. The van der Waals surface area contributed by atoms with Crippen LogP contribution in [0.3, 0.4) is 0 Å². The molecule has 0 aromatic heterocycles. The van der Waals surface area contributed by atoms with Crippen LogP contribution in [0.4, 0.5) is 0 Å². The van der Waals surface area contributed by atoms with E-state index in [1.807, 2.05) is 0 Å². The topological polar surface area (TPSA) is 0 Å². The quantitative estimate of drug-likeness (QED) is 0.595. The molecule has 2 unspecified atom stereocenters. The maximum atomic E-state index is 8.93. The van der Waals surface area contributed by atoms with Crippen LogP contribution in [-0.2, 0) is 0 Å². The molecule has 0 heteroatoms. The molecule has 1 radical (unpaired) electrons. The summed E-state index contributed by atoms with van der Waals surface area (Å²) in [6, 6.07) is 0. The van der Waals surface area contributed by atoms with Gasteiger partial charge in [0.2, 0.25) is 0 Å². The first kappa shape index (κ1) is 11.5. The van der Waals surface area contributed by atoms with E-state index in [1.165, 1.54) is 25.2 Å². The molecule has 0 aromatic rings. The average molecular weight is 210 g/mol. The lowest BCUT2D eigenvalue weighted by Gasteiger charge is -2.43. The maximum absolute atomic E-state index is 8.93.